The van der Waals surface area contributed by atoms with Gasteiger partial charge in [0.05, 0.1) is 10.9 Å². The van der Waals surface area contributed by atoms with E-state index in [4.69, 9.17) is 5.11 Å². The van der Waals surface area contributed by atoms with Crippen molar-refractivity contribution in [3.8, 4) is 0 Å². The van der Waals surface area contributed by atoms with E-state index >= 15 is 0 Å². The van der Waals surface area contributed by atoms with Crippen molar-refractivity contribution < 1.29 is 5.11 Å². The lowest BCUT2D eigenvalue weighted by Gasteiger charge is -2.01. The molecule has 0 saturated heterocycles. The SMILES string of the molecule is CCCCc1nc2ccccc2c(=O)[nH]1.CCO. The highest BCUT2D eigenvalue weighted by molar-refractivity contribution is 5.77. The average Bonchev–Trinajstić information content (AvgIpc) is 2.37. The standard InChI is InChI=1S/C12H14N2O.C2H6O/c1-2-3-8-11-13-10-7-5-4-6-9(10)12(15)14-11;1-2-3/h4-7H,2-3,8H2,1H3,(H,13,14,15);3H,2H2,1H3. The molecule has 2 aromatic rings. The molecule has 0 saturated carbocycles. The van der Waals surface area contributed by atoms with Gasteiger partial charge in [0.25, 0.3) is 5.56 Å². The summed E-state index contributed by atoms with van der Waals surface area (Å²) < 4.78 is 0. The van der Waals surface area contributed by atoms with Crippen LogP contribution in [0.5, 0.6) is 0 Å². The number of hydrogen-bond acceptors (Lipinski definition) is 3. The van der Waals surface area contributed by atoms with Crippen molar-refractivity contribution in [1.29, 1.82) is 0 Å². The van der Waals surface area contributed by atoms with E-state index in [0.717, 1.165) is 30.6 Å². The van der Waals surface area contributed by atoms with Gasteiger partial charge < -0.3 is 10.1 Å². The second kappa shape index (κ2) is 7.61. The third kappa shape index (κ3) is 3.96. The van der Waals surface area contributed by atoms with Gasteiger partial charge in [-0.1, -0.05) is 25.5 Å². The molecular weight excluding hydrogens is 228 g/mol. The molecule has 0 aliphatic heterocycles. The number of benzene rings is 1. The number of H-pyrrole nitrogens is 1. The first-order valence-electron chi connectivity index (χ1n) is 6.31. The zero-order chi connectivity index (χ0) is 13.4. The second-order valence-corrected chi connectivity index (χ2v) is 3.95. The molecule has 4 nitrogen and oxygen atoms in total. The van der Waals surface area contributed by atoms with E-state index in [0.29, 0.717) is 5.39 Å². The van der Waals surface area contributed by atoms with Crippen molar-refractivity contribution in [1.82, 2.24) is 9.97 Å². The maximum atomic E-state index is 11.7. The quantitative estimate of drug-likeness (QED) is 0.875. The number of aromatic nitrogens is 2. The summed E-state index contributed by atoms with van der Waals surface area (Å²) >= 11 is 0. The van der Waals surface area contributed by atoms with Crippen LogP contribution in [-0.4, -0.2) is 21.7 Å². The van der Waals surface area contributed by atoms with Crippen molar-refractivity contribution in [3.63, 3.8) is 0 Å². The molecule has 0 unspecified atom stereocenters. The first-order chi connectivity index (χ1) is 8.72. The summed E-state index contributed by atoms with van der Waals surface area (Å²) in [6.07, 6.45) is 3.01. The highest BCUT2D eigenvalue weighted by atomic mass is 16.2. The molecule has 0 radical (unpaired) electrons. The molecule has 0 spiro atoms. The molecule has 2 rings (SSSR count). The van der Waals surface area contributed by atoms with Gasteiger partial charge in [-0.25, -0.2) is 4.98 Å². The highest BCUT2D eigenvalue weighted by Gasteiger charge is 2.01. The Morgan fingerprint density at radius 3 is 2.61 bits per heavy atom. The number of para-hydroxylation sites is 1. The summed E-state index contributed by atoms with van der Waals surface area (Å²) in [5.74, 6) is 0.792. The van der Waals surface area contributed by atoms with Crippen LogP contribution in [-0.2, 0) is 6.42 Å². The van der Waals surface area contributed by atoms with Crippen LogP contribution in [0.3, 0.4) is 0 Å². The number of unbranched alkanes of at least 4 members (excludes halogenated alkanes) is 1. The maximum Gasteiger partial charge on any atom is 0.258 e. The van der Waals surface area contributed by atoms with E-state index in [-0.39, 0.29) is 12.2 Å². The van der Waals surface area contributed by atoms with Crippen LogP contribution in [0, 0.1) is 0 Å². The molecule has 1 heterocycles. The molecule has 4 heteroatoms. The lowest BCUT2D eigenvalue weighted by Crippen LogP contribution is -2.11. The Hall–Kier alpha value is -1.68. The van der Waals surface area contributed by atoms with Crippen LogP contribution in [0.4, 0.5) is 0 Å². The van der Waals surface area contributed by atoms with Crippen molar-refractivity contribution in [2.75, 3.05) is 6.61 Å². The zero-order valence-corrected chi connectivity index (χ0v) is 10.9. The van der Waals surface area contributed by atoms with Crippen LogP contribution in [0.2, 0.25) is 0 Å². The minimum Gasteiger partial charge on any atom is -0.397 e. The second-order valence-electron chi connectivity index (χ2n) is 3.95. The fourth-order valence-electron chi connectivity index (χ4n) is 1.60. The number of nitrogens with one attached hydrogen (secondary N) is 1. The predicted octanol–water partition coefficient (Wildman–Crippen LogP) is 2.26. The smallest absolute Gasteiger partial charge is 0.258 e. The van der Waals surface area contributed by atoms with Gasteiger partial charge >= 0.3 is 0 Å². The lowest BCUT2D eigenvalue weighted by atomic mass is 10.2. The van der Waals surface area contributed by atoms with Crippen LogP contribution in [0.25, 0.3) is 10.9 Å². The number of aryl methyl sites for hydroxylation is 1. The summed E-state index contributed by atoms with van der Waals surface area (Å²) in [5.41, 5.74) is 0.749. The van der Waals surface area contributed by atoms with Gasteiger partial charge in [-0.3, -0.25) is 4.79 Å². The Morgan fingerprint density at radius 1 is 1.28 bits per heavy atom. The minimum atomic E-state index is -0.0355. The van der Waals surface area contributed by atoms with Crippen molar-refractivity contribution in [2.45, 2.75) is 33.1 Å². The molecule has 1 aromatic carbocycles. The van der Waals surface area contributed by atoms with Crippen LogP contribution in [0.1, 0.15) is 32.5 Å². The van der Waals surface area contributed by atoms with E-state index in [1.807, 2.05) is 18.2 Å². The van der Waals surface area contributed by atoms with Crippen LogP contribution < -0.4 is 5.56 Å². The van der Waals surface area contributed by atoms with Gasteiger partial charge in [0.2, 0.25) is 0 Å². The summed E-state index contributed by atoms with van der Waals surface area (Å²) in [5, 5.41) is 8.23. The van der Waals surface area contributed by atoms with Crippen molar-refractivity contribution in [3.05, 3.63) is 40.4 Å². The number of nitrogens with zero attached hydrogens (tertiary/aromatic N) is 1. The van der Waals surface area contributed by atoms with E-state index in [9.17, 15) is 4.79 Å². The van der Waals surface area contributed by atoms with Gasteiger partial charge in [0.15, 0.2) is 0 Å². The number of aliphatic hydroxyl groups is 1. The Morgan fingerprint density at radius 2 is 1.94 bits per heavy atom. The Bertz CT molecular complexity index is 535. The summed E-state index contributed by atoms with van der Waals surface area (Å²) in [4.78, 5) is 18.9. The van der Waals surface area contributed by atoms with Crippen LogP contribution >= 0.6 is 0 Å². The van der Waals surface area contributed by atoms with Gasteiger partial charge in [-0.2, -0.15) is 0 Å². The Kier molecular flexibility index (Phi) is 6.08. The van der Waals surface area contributed by atoms with Crippen LogP contribution in [0.15, 0.2) is 29.1 Å². The first kappa shape index (κ1) is 14.4. The normalized spacial score (nSPS) is 9.94. The minimum absolute atomic E-state index is 0.0355. The van der Waals surface area contributed by atoms with Gasteiger partial charge in [0.1, 0.15) is 5.82 Å². The summed E-state index contributed by atoms with van der Waals surface area (Å²) in [6, 6.07) is 7.42. The third-order valence-electron chi connectivity index (χ3n) is 2.43. The number of fused-ring (bicyclic) bond motifs is 1. The zero-order valence-electron chi connectivity index (χ0n) is 10.9. The van der Waals surface area contributed by atoms with Gasteiger partial charge in [-0.15, -0.1) is 0 Å². The number of aliphatic hydroxyl groups excluding tert-OH is 1. The van der Waals surface area contributed by atoms with Crippen molar-refractivity contribution >= 4 is 10.9 Å². The van der Waals surface area contributed by atoms with E-state index < -0.39 is 0 Å². The average molecular weight is 248 g/mol. The highest BCUT2D eigenvalue weighted by Crippen LogP contribution is 2.06. The van der Waals surface area contributed by atoms with E-state index in [1.165, 1.54) is 0 Å². The molecule has 0 atom stereocenters. The lowest BCUT2D eigenvalue weighted by molar-refractivity contribution is 0.318. The molecule has 0 amide bonds. The topological polar surface area (TPSA) is 66.0 Å². The molecule has 0 aliphatic carbocycles. The molecule has 98 valence electrons. The molecule has 18 heavy (non-hydrogen) atoms. The van der Waals surface area contributed by atoms with Gasteiger partial charge in [0, 0.05) is 13.0 Å². The summed E-state index contributed by atoms with van der Waals surface area (Å²) in [6.45, 7) is 4.05. The maximum absolute atomic E-state index is 11.7. The molecule has 0 fully saturated rings. The Labute approximate surface area is 107 Å². The molecule has 2 N–H and O–H groups in total. The molecule has 0 aliphatic rings. The number of aromatic amines is 1. The van der Waals surface area contributed by atoms with Gasteiger partial charge in [-0.05, 0) is 25.5 Å². The first-order valence-corrected chi connectivity index (χ1v) is 6.31. The number of hydrogen-bond donors (Lipinski definition) is 2. The predicted molar refractivity (Wildman–Crippen MR) is 73.7 cm³/mol. The Balaban J connectivity index is 0.000000492. The van der Waals surface area contributed by atoms with E-state index in [2.05, 4.69) is 16.9 Å². The molecular formula is C14H20N2O2. The molecule has 0 bridgehead atoms. The largest absolute Gasteiger partial charge is 0.397 e. The monoisotopic (exact) mass is 248 g/mol. The fourth-order valence-corrected chi connectivity index (χ4v) is 1.60. The molecule has 1 aromatic heterocycles. The van der Waals surface area contributed by atoms with Crippen molar-refractivity contribution in [2.24, 2.45) is 0 Å². The fraction of sp³-hybridized carbons (Fsp3) is 0.429. The summed E-state index contributed by atoms with van der Waals surface area (Å²) in [7, 11) is 0. The number of rotatable bonds is 3. The third-order valence-corrected chi connectivity index (χ3v) is 2.43. The van der Waals surface area contributed by atoms with E-state index in [1.54, 1.807) is 13.0 Å².